The molecule has 8 heteroatoms. The lowest BCUT2D eigenvalue weighted by molar-refractivity contribution is 0.0954. The molecule has 1 aliphatic heterocycles. The third kappa shape index (κ3) is 5.69. The second-order valence-electron chi connectivity index (χ2n) is 6.47. The number of nitrogens with zero attached hydrogens (tertiary/aromatic N) is 4. The monoisotopic (exact) mass is 482 g/mol. The normalized spacial score (nSPS) is 16.7. The highest BCUT2D eigenvalue weighted by atomic mass is 127. The van der Waals surface area contributed by atoms with Crippen molar-refractivity contribution < 1.29 is 4.79 Å². The summed E-state index contributed by atoms with van der Waals surface area (Å²) in [6.07, 6.45) is 5.13. The van der Waals surface area contributed by atoms with Crippen LogP contribution in [0.25, 0.3) is 0 Å². The van der Waals surface area contributed by atoms with Crippen LogP contribution in [0.2, 0.25) is 0 Å². The largest absolute Gasteiger partial charge is 0.354 e. The lowest BCUT2D eigenvalue weighted by Crippen LogP contribution is -2.43. The van der Waals surface area contributed by atoms with E-state index >= 15 is 0 Å². The summed E-state index contributed by atoms with van der Waals surface area (Å²) in [4.78, 5) is 18.7. The zero-order chi connectivity index (χ0) is 18.4. The van der Waals surface area contributed by atoms with Crippen LogP contribution in [0.4, 0.5) is 0 Å². The van der Waals surface area contributed by atoms with E-state index in [1.54, 1.807) is 7.05 Å². The molecule has 0 saturated carbocycles. The topological polar surface area (TPSA) is 74.6 Å². The van der Waals surface area contributed by atoms with Crippen molar-refractivity contribution in [1.82, 2.24) is 25.3 Å². The van der Waals surface area contributed by atoms with Gasteiger partial charge in [0.05, 0.1) is 6.20 Å². The number of carbonyl (C=O) groups excluding carboxylic acids is 1. The summed E-state index contributed by atoms with van der Waals surface area (Å²) in [6, 6.07) is 9.24. The van der Waals surface area contributed by atoms with Crippen molar-refractivity contribution in [3.63, 3.8) is 0 Å². The summed E-state index contributed by atoms with van der Waals surface area (Å²) in [5.41, 5.74) is 1.95. The average Bonchev–Trinajstić information content (AvgIpc) is 3.31. The van der Waals surface area contributed by atoms with E-state index in [0.717, 1.165) is 25.5 Å². The highest BCUT2D eigenvalue weighted by Gasteiger charge is 2.26. The number of halogens is 1. The Bertz CT molecular complexity index is 761. The van der Waals surface area contributed by atoms with E-state index in [0.29, 0.717) is 24.6 Å². The van der Waals surface area contributed by atoms with Crippen LogP contribution in [0.5, 0.6) is 0 Å². The molecule has 7 nitrogen and oxygen atoms in total. The quantitative estimate of drug-likeness (QED) is 0.295. The first-order valence-corrected chi connectivity index (χ1v) is 8.94. The molecule has 1 aromatic heterocycles. The van der Waals surface area contributed by atoms with E-state index in [4.69, 9.17) is 0 Å². The summed E-state index contributed by atoms with van der Waals surface area (Å²) < 4.78 is 1.85. The van der Waals surface area contributed by atoms with Crippen LogP contribution in [-0.2, 0) is 7.05 Å². The first kappa shape index (κ1) is 21.2. The average molecular weight is 482 g/mol. The number of hydrogen-bond acceptors (Lipinski definition) is 3. The minimum Gasteiger partial charge on any atom is -0.354 e. The fourth-order valence-corrected chi connectivity index (χ4v) is 3.25. The molecule has 3 rings (SSSR count). The van der Waals surface area contributed by atoms with E-state index < -0.39 is 0 Å². The minimum atomic E-state index is -0.0554. The summed E-state index contributed by atoms with van der Waals surface area (Å²) in [5.74, 6) is 1.31. The number of guanidine groups is 1. The van der Waals surface area contributed by atoms with E-state index in [2.05, 4.69) is 31.8 Å². The predicted molar refractivity (Wildman–Crippen MR) is 118 cm³/mol. The first-order valence-electron chi connectivity index (χ1n) is 8.94. The molecule has 0 spiro atoms. The highest BCUT2D eigenvalue weighted by Crippen LogP contribution is 2.26. The Kier molecular flexibility index (Phi) is 8.08. The van der Waals surface area contributed by atoms with E-state index in [-0.39, 0.29) is 29.9 Å². The van der Waals surface area contributed by atoms with Crippen LogP contribution >= 0.6 is 24.0 Å². The molecule has 146 valence electrons. The van der Waals surface area contributed by atoms with Gasteiger partial charge in [-0.05, 0) is 24.1 Å². The maximum atomic E-state index is 12.0. The van der Waals surface area contributed by atoms with Crippen molar-refractivity contribution in [3.05, 3.63) is 53.9 Å². The number of rotatable bonds is 5. The fraction of sp³-hybridized carbons (Fsp3) is 0.421. The lowest BCUT2D eigenvalue weighted by Gasteiger charge is -2.21. The molecule has 1 atom stereocenters. The SMILES string of the molecule is CN=C(NCCNC(=O)c1ccccc1)N1CCC(c2cnn(C)c2)C1.I. The van der Waals surface area contributed by atoms with Gasteiger partial charge in [0.1, 0.15) is 0 Å². The molecule has 0 aliphatic carbocycles. The Balaban J connectivity index is 0.00000261. The smallest absolute Gasteiger partial charge is 0.251 e. The zero-order valence-electron chi connectivity index (χ0n) is 15.8. The van der Waals surface area contributed by atoms with Gasteiger partial charge in [-0.3, -0.25) is 14.5 Å². The van der Waals surface area contributed by atoms with Crippen molar-refractivity contribution in [1.29, 1.82) is 0 Å². The molecule has 2 N–H and O–H groups in total. The van der Waals surface area contributed by atoms with Crippen molar-refractivity contribution in [3.8, 4) is 0 Å². The van der Waals surface area contributed by atoms with Gasteiger partial charge in [0.25, 0.3) is 5.91 Å². The number of aromatic nitrogens is 2. The van der Waals surface area contributed by atoms with Gasteiger partial charge < -0.3 is 15.5 Å². The molecule has 0 bridgehead atoms. The van der Waals surface area contributed by atoms with Crippen molar-refractivity contribution >= 4 is 35.8 Å². The number of aryl methyl sites for hydroxylation is 1. The molecule has 2 heterocycles. The number of nitrogens with one attached hydrogen (secondary N) is 2. The van der Waals surface area contributed by atoms with Crippen molar-refractivity contribution in [2.75, 3.05) is 33.2 Å². The maximum Gasteiger partial charge on any atom is 0.251 e. The number of benzene rings is 1. The number of likely N-dealkylation sites (tertiary alicyclic amines) is 1. The van der Waals surface area contributed by atoms with Gasteiger partial charge >= 0.3 is 0 Å². The Labute approximate surface area is 177 Å². The molecule has 27 heavy (non-hydrogen) atoms. The number of amides is 1. The van der Waals surface area contributed by atoms with Gasteiger partial charge in [0.15, 0.2) is 5.96 Å². The number of carbonyl (C=O) groups is 1. The number of hydrogen-bond donors (Lipinski definition) is 2. The lowest BCUT2D eigenvalue weighted by atomic mass is 10.0. The van der Waals surface area contributed by atoms with Crippen LogP contribution in [0.15, 0.2) is 47.7 Å². The van der Waals surface area contributed by atoms with Crippen LogP contribution in [0, 0.1) is 0 Å². The second-order valence-corrected chi connectivity index (χ2v) is 6.47. The first-order chi connectivity index (χ1) is 12.7. The summed E-state index contributed by atoms with van der Waals surface area (Å²) >= 11 is 0. The van der Waals surface area contributed by atoms with E-state index in [9.17, 15) is 4.79 Å². The van der Waals surface area contributed by atoms with Gasteiger partial charge in [-0.1, -0.05) is 18.2 Å². The van der Waals surface area contributed by atoms with E-state index in [1.165, 1.54) is 5.56 Å². The van der Waals surface area contributed by atoms with Gasteiger partial charge in [-0.2, -0.15) is 5.10 Å². The third-order valence-corrected chi connectivity index (χ3v) is 4.63. The molecule has 2 aromatic rings. The Hall–Kier alpha value is -2.10. The predicted octanol–water partition coefficient (Wildman–Crippen LogP) is 1.83. The molecular formula is C19H27IN6O. The van der Waals surface area contributed by atoms with Crippen molar-refractivity contribution in [2.24, 2.45) is 12.0 Å². The maximum absolute atomic E-state index is 12.0. The Morgan fingerprint density at radius 2 is 2.00 bits per heavy atom. The standard InChI is InChI=1S/C19H26N6O.HI/c1-20-19(22-10-9-21-18(26)15-6-4-3-5-7-15)25-11-8-16(14-25)17-12-23-24(2)13-17;/h3-7,12-13,16H,8-11,14H2,1-2H3,(H,20,22)(H,21,26);1H. The van der Waals surface area contributed by atoms with Crippen LogP contribution in [0.3, 0.4) is 0 Å². The molecule has 1 amide bonds. The zero-order valence-corrected chi connectivity index (χ0v) is 18.1. The minimum absolute atomic E-state index is 0. The van der Waals surface area contributed by atoms with Crippen LogP contribution in [-0.4, -0.2) is 59.8 Å². The molecular weight excluding hydrogens is 455 g/mol. The molecule has 1 fully saturated rings. The van der Waals surface area contributed by atoms with Gasteiger partial charge in [-0.25, -0.2) is 0 Å². The second kappa shape index (κ2) is 10.3. The summed E-state index contributed by atoms with van der Waals surface area (Å²) in [5, 5.41) is 10.5. The van der Waals surface area contributed by atoms with Gasteiger partial charge in [0.2, 0.25) is 0 Å². The molecule has 1 saturated heterocycles. The van der Waals surface area contributed by atoms with E-state index in [1.807, 2.05) is 48.3 Å². The fourth-order valence-electron chi connectivity index (χ4n) is 3.25. The van der Waals surface area contributed by atoms with Gasteiger partial charge in [-0.15, -0.1) is 24.0 Å². The molecule has 1 aromatic carbocycles. The number of aliphatic imine (C=N–C) groups is 1. The Morgan fingerprint density at radius 1 is 1.26 bits per heavy atom. The molecule has 1 unspecified atom stereocenters. The molecule has 0 radical (unpaired) electrons. The molecule has 1 aliphatic rings. The summed E-state index contributed by atoms with van der Waals surface area (Å²) in [7, 11) is 3.74. The van der Waals surface area contributed by atoms with Crippen LogP contribution in [0.1, 0.15) is 28.3 Å². The highest BCUT2D eigenvalue weighted by molar-refractivity contribution is 14.0. The Morgan fingerprint density at radius 3 is 2.67 bits per heavy atom. The van der Waals surface area contributed by atoms with Crippen LogP contribution < -0.4 is 10.6 Å². The summed E-state index contributed by atoms with van der Waals surface area (Å²) in [6.45, 7) is 3.09. The van der Waals surface area contributed by atoms with Crippen molar-refractivity contribution in [2.45, 2.75) is 12.3 Å². The third-order valence-electron chi connectivity index (χ3n) is 4.63. The van der Waals surface area contributed by atoms with Gasteiger partial charge in [0, 0.05) is 58.0 Å².